The number of hydrogen-bond acceptors (Lipinski definition) is 6. The van der Waals surface area contributed by atoms with Gasteiger partial charge in [-0.05, 0) is 101 Å². The first-order chi connectivity index (χ1) is 20.0. The second kappa shape index (κ2) is 13.9. The van der Waals surface area contributed by atoms with Gasteiger partial charge in [0.15, 0.2) is 6.73 Å². The van der Waals surface area contributed by atoms with Crippen molar-refractivity contribution in [3.63, 3.8) is 0 Å². The third kappa shape index (κ3) is 7.64. The molecule has 230 valence electrons. The molecule has 0 radical (unpaired) electrons. The number of piperidine rings is 1. The summed E-state index contributed by atoms with van der Waals surface area (Å²) in [6.07, 6.45) is -1.43. The first-order valence-corrected chi connectivity index (χ1v) is 14.8. The Hall–Kier alpha value is -3.11. The van der Waals surface area contributed by atoms with E-state index in [4.69, 9.17) is 9.47 Å². The molecule has 2 aromatic rings. The van der Waals surface area contributed by atoms with Gasteiger partial charge in [-0.3, -0.25) is 4.79 Å². The zero-order chi connectivity index (χ0) is 30.4. The maximum atomic E-state index is 13.4. The van der Waals surface area contributed by atoms with Crippen LogP contribution in [0.1, 0.15) is 85.8 Å². The summed E-state index contributed by atoms with van der Waals surface area (Å²) >= 11 is 0. The smallest absolute Gasteiger partial charge is 0.416 e. The zero-order valence-corrected chi connectivity index (χ0v) is 24.5. The maximum absolute atomic E-state index is 13.4. The van der Waals surface area contributed by atoms with E-state index in [0.717, 1.165) is 50.0 Å². The topological polar surface area (TPSA) is 79.3 Å². The number of alkyl halides is 3. The predicted octanol–water partition coefficient (Wildman–Crippen LogP) is 6.00. The van der Waals surface area contributed by atoms with Gasteiger partial charge >= 0.3 is 12.1 Å². The quantitative estimate of drug-likeness (QED) is 0.342. The van der Waals surface area contributed by atoms with E-state index < -0.39 is 23.8 Å². The fourth-order valence-electron chi connectivity index (χ4n) is 6.11. The van der Waals surface area contributed by atoms with E-state index in [1.54, 1.807) is 19.9 Å². The van der Waals surface area contributed by atoms with Crippen LogP contribution in [0.4, 0.5) is 13.2 Å². The average Bonchev–Trinajstić information content (AvgIpc) is 2.98. The van der Waals surface area contributed by atoms with Gasteiger partial charge in [0.1, 0.15) is 5.75 Å². The van der Waals surface area contributed by atoms with Crippen molar-refractivity contribution in [2.75, 3.05) is 26.4 Å². The molecular weight excluding hydrogens is 549 g/mol. The molecule has 7 nitrogen and oxygen atoms in total. The second-order valence-electron chi connectivity index (χ2n) is 11.3. The Balaban J connectivity index is 1.34. The van der Waals surface area contributed by atoms with Crippen LogP contribution in [0.25, 0.3) is 0 Å². The molecule has 3 atom stereocenters. The molecule has 1 saturated heterocycles. The third-order valence-corrected chi connectivity index (χ3v) is 8.53. The zero-order valence-electron chi connectivity index (χ0n) is 24.5. The summed E-state index contributed by atoms with van der Waals surface area (Å²) in [5, 5.41) is 10.5. The number of hydrogen-bond donors (Lipinski definition) is 1. The van der Waals surface area contributed by atoms with E-state index in [9.17, 15) is 27.9 Å². The molecule has 1 fully saturated rings. The van der Waals surface area contributed by atoms with Crippen molar-refractivity contribution in [2.24, 2.45) is 5.92 Å². The SMILES string of the molecule is CCOC(=O)c1cccc(C2CCN([C@@H](CC)CC[C@@H](C(=O)N3COc4ccc(C(F)(F)F)cc4C3)[C@H](C)O)CC2)c1. The van der Waals surface area contributed by atoms with Crippen LogP contribution in [-0.2, 0) is 22.3 Å². The number of likely N-dealkylation sites (tertiary alicyclic amines) is 1. The van der Waals surface area contributed by atoms with Gasteiger partial charge in [0.2, 0.25) is 5.91 Å². The van der Waals surface area contributed by atoms with Crippen molar-refractivity contribution < 1.29 is 37.3 Å². The summed E-state index contributed by atoms with van der Waals surface area (Å²) in [7, 11) is 0. The fraction of sp³-hybridized carbons (Fsp3) is 0.562. The molecule has 0 aromatic heterocycles. The maximum Gasteiger partial charge on any atom is 0.416 e. The number of fused-ring (bicyclic) bond motifs is 1. The molecule has 10 heteroatoms. The summed E-state index contributed by atoms with van der Waals surface area (Å²) in [6.45, 7) is 7.54. The lowest BCUT2D eigenvalue weighted by atomic mass is 9.86. The summed E-state index contributed by atoms with van der Waals surface area (Å²) in [6, 6.07) is 11.2. The largest absolute Gasteiger partial charge is 0.473 e. The Morgan fingerprint density at radius 2 is 1.83 bits per heavy atom. The number of rotatable bonds is 10. The number of halogens is 3. The van der Waals surface area contributed by atoms with Crippen LogP contribution in [0.2, 0.25) is 0 Å². The molecule has 0 unspecified atom stereocenters. The molecule has 4 rings (SSSR count). The molecule has 42 heavy (non-hydrogen) atoms. The number of ether oxygens (including phenoxy) is 2. The minimum Gasteiger partial charge on any atom is -0.473 e. The highest BCUT2D eigenvalue weighted by Gasteiger charge is 2.35. The van der Waals surface area contributed by atoms with Gasteiger partial charge in [0.25, 0.3) is 0 Å². The van der Waals surface area contributed by atoms with E-state index in [1.807, 2.05) is 12.1 Å². The van der Waals surface area contributed by atoms with Crippen LogP contribution in [0, 0.1) is 5.92 Å². The van der Waals surface area contributed by atoms with E-state index >= 15 is 0 Å². The van der Waals surface area contributed by atoms with Crippen LogP contribution < -0.4 is 4.74 Å². The molecule has 2 aromatic carbocycles. The lowest BCUT2D eigenvalue weighted by Crippen LogP contribution is -2.45. The molecule has 0 aliphatic carbocycles. The molecular formula is C32H41F3N2O5. The lowest BCUT2D eigenvalue weighted by Gasteiger charge is -2.38. The van der Waals surface area contributed by atoms with Crippen LogP contribution in [0.15, 0.2) is 42.5 Å². The molecule has 0 spiro atoms. The van der Waals surface area contributed by atoms with Crippen molar-refractivity contribution in [2.45, 2.75) is 83.7 Å². The number of aliphatic hydroxyl groups is 1. The normalized spacial score (nSPS) is 18.5. The van der Waals surface area contributed by atoms with Crippen molar-refractivity contribution in [1.29, 1.82) is 0 Å². The number of benzene rings is 2. The third-order valence-electron chi connectivity index (χ3n) is 8.53. The minimum absolute atomic E-state index is 0.00337. The van der Waals surface area contributed by atoms with Gasteiger partial charge in [-0.25, -0.2) is 4.79 Å². The molecule has 2 aliphatic rings. The van der Waals surface area contributed by atoms with Crippen molar-refractivity contribution >= 4 is 11.9 Å². The highest BCUT2D eigenvalue weighted by Crippen LogP contribution is 2.35. The Labute approximate surface area is 245 Å². The Morgan fingerprint density at radius 1 is 1.10 bits per heavy atom. The first kappa shape index (κ1) is 31.8. The number of carbonyl (C=O) groups is 2. The Bertz CT molecular complexity index is 1230. The fourth-order valence-corrected chi connectivity index (χ4v) is 6.11. The van der Waals surface area contributed by atoms with Crippen LogP contribution in [0.5, 0.6) is 5.75 Å². The molecule has 1 amide bonds. The number of amides is 1. The lowest BCUT2D eigenvalue weighted by molar-refractivity contribution is -0.144. The van der Waals surface area contributed by atoms with E-state index in [2.05, 4.69) is 17.9 Å². The monoisotopic (exact) mass is 590 g/mol. The Kier molecular flexibility index (Phi) is 10.5. The number of aliphatic hydroxyl groups excluding tert-OH is 1. The van der Waals surface area contributed by atoms with Crippen LogP contribution >= 0.6 is 0 Å². The van der Waals surface area contributed by atoms with Gasteiger partial charge in [0.05, 0.1) is 36.3 Å². The Morgan fingerprint density at radius 3 is 2.48 bits per heavy atom. The van der Waals surface area contributed by atoms with E-state index in [-0.39, 0.29) is 31.2 Å². The minimum atomic E-state index is -4.49. The van der Waals surface area contributed by atoms with Crippen molar-refractivity contribution in [1.82, 2.24) is 9.80 Å². The van der Waals surface area contributed by atoms with Gasteiger partial charge in [0, 0.05) is 11.6 Å². The molecule has 0 bridgehead atoms. The second-order valence-corrected chi connectivity index (χ2v) is 11.3. The van der Waals surface area contributed by atoms with Gasteiger partial charge in [-0.2, -0.15) is 13.2 Å². The average molecular weight is 591 g/mol. The molecule has 2 aliphatic heterocycles. The van der Waals surface area contributed by atoms with Crippen molar-refractivity contribution in [3.8, 4) is 5.75 Å². The highest BCUT2D eigenvalue weighted by atomic mass is 19.4. The van der Waals surface area contributed by atoms with Gasteiger partial charge < -0.3 is 24.4 Å². The summed E-state index contributed by atoms with van der Waals surface area (Å²) in [5.74, 6) is -0.625. The number of nitrogens with zero attached hydrogens (tertiary/aromatic N) is 2. The summed E-state index contributed by atoms with van der Waals surface area (Å²) in [5.41, 5.74) is 1.23. The highest BCUT2D eigenvalue weighted by molar-refractivity contribution is 5.89. The number of esters is 1. The first-order valence-electron chi connectivity index (χ1n) is 14.8. The number of carbonyl (C=O) groups excluding carboxylic acids is 2. The van der Waals surface area contributed by atoms with Crippen LogP contribution in [0.3, 0.4) is 0 Å². The van der Waals surface area contributed by atoms with E-state index in [1.165, 1.54) is 11.0 Å². The van der Waals surface area contributed by atoms with Gasteiger partial charge in [-0.15, -0.1) is 0 Å². The predicted molar refractivity (Wildman–Crippen MR) is 152 cm³/mol. The standard InChI is InChI=1S/C32H41F3N2O5/c1-4-27(36-15-13-22(14-16-36)23-7-6-8-24(17-23)31(40)41-5-2)10-11-28(21(3)38)30(39)37-19-25-18-26(32(33,34)35)9-12-29(25)42-20-37/h6-9,12,17-18,21-22,27-28,38H,4-5,10-11,13-16,19-20H2,1-3H3/t21-,27-,28+/m0/s1. The van der Waals surface area contributed by atoms with E-state index in [0.29, 0.717) is 42.2 Å². The summed E-state index contributed by atoms with van der Waals surface area (Å²) in [4.78, 5) is 29.4. The van der Waals surface area contributed by atoms with Crippen molar-refractivity contribution in [3.05, 3.63) is 64.7 Å². The molecule has 1 N–H and O–H groups in total. The van der Waals surface area contributed by atoms with Gasteiger partial charge in [-0.1, -0.05) is 19.1 Å². The molecule has 2 heterocycles. The summed E-state index contributed by atoms with van der Waals surface area (Å²) < 4.78 is 50.4. The molecule has 0 saturated carbocycles. The van der Waals surface area contributed by atoms with Crippen LogP contribution in [-0.4, -0.2) is 65.4 Å².